The van der Waals surface area contributed by atoms with E-state index < -0.39 is 34.4 Å². The number of piperidine rings is 1. The maximum Gasteiger partial charge on any atom is 0.418 e. The molecule has 0 radical (unpaired) electrons. The first-order valence-electron chi connectivity index (χ1n) is 9.55. The minimum absolute atomic E-state index is 0.145. The molecular formula is C15H25N5O7S2. The summed E-state index contributed by atoms with van der Waals surface area (Å²) >= 11 is 1.93. The van der Waals surface area contributed by atoms with Crippen molar-refractivity contribution in [3.63, 3.8) is 0 Å². The predicted octanol–water partition coefficient (Wildman–Crippen LogP) is -1.23. The molecule has 0 aromatic rings. The van der Waals surface area contributed by atoms with Gasteiger partial charge in [0.25, 0.3) is 5.91 Å². The van der Waals surface area contributed by atoms with Crippen LogP contribution in [0, 0.1) is 0 Å². The highest BCUT2D eigenvalue weighted by Crippen LogP contribution is 2.30. The molecular weight excluding hydrogens is 426 g/mol. The molecule has 4 aliphatic heterocycles. The molecule has 4 saturated heterocycles. The lowest BCUT2D eigenvalue weighted by molar-refractivity contribution is -0.139. The van der Waals surface area contributed by atoms with Crippen LogP contribution in [0.4, 0.5) is 4.79 Å². The van der Waals surface area contributed by atoms with Crippen molar-refractivity contribution in [2.45, 2.75) is 43.4 Å². The van der Waals surface area contributed by atoms with E-state index >= 15 is 0 Å². The largest absolute Gasteiger partial charge is 0.418 e. The number of carbonyl (C=O) groups excluding carboxylic acids is 2. The third-order valence-corrected chi connectivity index (χ3v) is 7.09. The summed E-state index contributed by atoms with van der Waals surface area (Å²) in [6.07, 6.45) is 1.66. The first-order chi connectivity index (χ1) is 13.8. The molecule has 0 spiro atoms. The van der Waals surface area contributed by atoms with Gasteiger partial charge in [-0.1, -0.05) is 0 Å². The number of thioether (sulfide) groups is 1. The van der Waals surface area contributed by atoms with Crippen LogP contribution in [0.25, 0.3) is 0 Å². The van der Waals surface area contributed by atoms with Gasteiger partial charge in [0.05, 0.1) is 12.6 Å². The summed E-state index contributed by atoms with van der Waals surface area (Å²) < 4.78 is 35.0. The number of nitrogens with one attached hydrogen (secondary N) is 2. The van der Waals surface area contributed by atoms with Gasteiger partial charge in [0.15, 0.2) is 0 Å². The van der Waals surface area contributed by atoms with Crippen molar-refractivity contribution in [1.82, 2.24) is 25.7 Å². The summed E-state index contributed by atoms with van der Waals surface area (Å²) in [5.74, 6) is 1.76. The molecule has 4 aliphatic rings. The fraction of sp³-hybridized carbons (Fsp3) is 0.867. The molecule has 0 aliphatic carbocycles. The van der Waals surface area contributed by atoms with Crippen molar-refractivity contribution in [2.24, 2.45) is 0 Å². The van der Waals surface area contributed by atoms with Crippen LogP contribution in [-0.2, 0) is 24.3 Å². The van der Waals surface area contributed by atoms with E-state index in [2.05, 4.69) is 20.0 Å². The van der Waals surface area contributed by atoms with Gasteiger partial charge in [-0.15, -0.1) is 16.0 Å². The average molecular weight is 452 g/mol. The summed E-state index contributed by atoms with van der Waals surface area (Å²) in [5, 5.41) is 4.02. The summed E-state index contributed by atoms with van der Waals surface area (Å²) in [6, 6.07) is -1.44. The molecule has 2 bridgehead atoms. The fourth-order valence-corrected chi connectivity index (χ4v) is 5.76. The van der Waals surface area contributed by atoms with E-state index in [1.807, 2.05) is 11.8 Å². The lowest BCUT2D eigenvalue weighted by Gasteiger charge is -2.29. The molecule has 4 rings (SSSR count). The van der Waals surface area contributed by atoms with Gasteiger partial charge in [0.2, 0.25) is 0 Å². The molecule has 14 heteroatoms. The predicted molar refractivity (Wildman–Crippen MR) is 102 cm³/mol. The Bertz CT molecular complexity index is 747. The van der Waals surface area contributed by atoms with Gasteiger partial charge in [-0.25, -0.2) is 10.3 Å². The van der Waals surface area contributed by atoms with Crippen molar-refractivity contribution in [3.05, 3.63) is 0 Å². The molecule has 164 valence electrons. The number of hydrogen-bond acceptors (Lipinski definition) is 9. The summed E-state index contributed by atoms with van der Waals surface area (Å²) in [5.41, 5.74) is 2.41. The molecule has 29 heavy (non-hydrogen) atoms. The second-order valence-corrected chi connectivity index (χ2v) is 9.71. The molecule has 0 unspecified atom stereocenters. The van der Waals surface area contributed by atoms with Crippen molar-refractivity contribution < 1.29 is 31.7 Å². The van der Waals surface area contributed by atoms with Crippen molar-refractivity contribution in [2.75, 3.05) is 37.9 Å². The van der Waals surface area contributed by atoms with E-state index in [0.29, 0.717) is 30.6 Å². The van der Waals surface area contributed by atoms with Crippen LogP contribution in [0.1, 0.15) is 19.3 Å². The normalized spacial score (nSPS) is 32.9. The Kier molecular flexibility index (Phi) is 6.20. The third kappa shape index (κ3) is 4.78. The maximum atomic E-state index is 12.5. The van der Waals surface area contributed by atoms with Crippen LogP contribution in [0.2, 0.25) is 0 Å². The smallest absolute Gasteiger partial charge is 0.310 e. The molecule has 4 atom stereocenters. The van der Waals surface area contributed by atoms with Gasteiger partial charge >= 0.3 is 16.4 Å². The number of urea groups is 1. The fourth-order valence-electron chi connectivity index (χ4n) is 4.30. The first kappa shape index (κ1) is 21.1. The molecule has 3 amide bonds. The van der Waals surface area contributed by atoms with Crippen LogP contribution in [0.15, 0.2) is 0 Å². The van der Waals surface area contributed by atoms with Gasteiger partial charge in [-0.3, -0.25) is 19.1 Å². The highest BCUT2D eigenvalue weighted by Gasteiger charge is 2.49. The van der Waals surface area contributed by atoms with Crippen LogP contribution in [0.3, 0.4) is 0 Å². The van der Waals surface area contributed by atoms with E-state index in [0.717, 1.165) is 31.1 Å². The molecule has 3 N–H and O–H groups in total. The van der Waals surface area contributed by atoms with Gasteiger partial charge in [-0.05, 0) is 19.3 Å². The highest BCUT2D eigenvalue weighted by atomic mass is 32.3. The van der Waals surface area contributed by atoms with Crippen LogP contribution in [0.5, 0.6) is 0 Å². The number of amides is 3. The van der Waals surface area contributed by atoms with E-state index in [9.17, 15) is 18.0 Å². The Balaban J connectivity index is 1.23. The van der Waals surface area contributed by atoms with E-state index in [1.54, 1.807) is 0 Å². The highest BCUT2D eigenvalue weighted by molar-refractivity contribution is 7.99. The number of hydrogen-bond donors (Lipinski definition) is 3. The van der Waals surface area contributed by atoms with E-state index in [1.165, 1.54) is 4.90 Å². The van der Waals surface area contributed by atoms with Crippen LogP contribution < -0.4 is 10.8 Å². The van der Waals surface area contributed by atoms with E-state index in [-0.39, 0.29) is 12.6 Å². The zero-order chi connectivity index (χ0) is 20.6. The SMILES string of the molecule is O=C(NOC[C@@H]1C[C@H](N2CCSC2)CN1)[C@@H]1CC[C@@H]2CN1C(=O)N2OS(=O)(=O)O. The van der Waals surface area contributed by atoms with E-state index in [4.69, 9.17) is 9.39 Å². The van der Waals surface area contributed by atoms with Gasteiger partial charge in [0.1, 0.15) is 6.04 Å². The molecule has 0 saturated carbocycles. The summed E-state index contributed by atoms with van der Waals surface area (Å²) in [4.78, 5) is 33.9. The molecule has 4 fully saturated rings. The molecule has 12 nitrogen and oxygen atoms in total. The third-order valence-electron chi connectivity index (χ3n) is 5.75. The summed E-state index contributed by atoms with van der Waals surface area (Å²) in [7, 11) is -4.81. The number of nitrogens with zero attached hydrogens (tertiary/aromatic N) is 3. The Morgan fingerprint density at radius 3 is 2.90 bits per heavy atom. The number of rotatable bonds is 7. The van der Waals surface area contributed by atoms with Crippen LogP contribution >= 0.6 is 11.8 Å². The van der Waals surface area contributed by atoms with Crippen molar-refractivity contribution in [3.8, 4) is 0 Å². The number of fused-ring (bicyclic) bond motifs is 2. The second-order valence-electron chi connectivity index (χ2n) is 7.63. The van der Waals surface area contributed by atoms with Gasteiger partial charge in [0, 0.05) is 43.3 Å². The molecule has 4 heterocycles. The van der Waals surface area contributed by atoms with Gasteiger partial charge in [-0.2, -0.15) is 13.5 Å². The number of carbonyl (C=O) groups is 2. The standard InChI is InChI=1S/C15H25N5O7S2/c21-14(17-26-8-10-5-12(6-16-10)18-3-4-28-9-18)13-2-1-11-7-19(13)15(22)20(11)27-29(23,24)25/h10-13,16H,1-9H2,(H,17,21)(H,23,24,25)/t10-,11+,12-,13-/m0/s1. The van der Waals surface area contributed by atoms with Crippen molar-refractivity contribution >= 4 is 34.1 Å². The van der Waals surface area contributed by atoms with Gasteiger partial charge < -0.3 is 10.2 Å². The first-order valence-corrected chi connectivity index (χ1v) is 12.1. The second kappa shape index (κ2) is 8.53. The summed E-state index contributed by atoms with van der Waals surface area (Å²) in [6.45, 7) is 2.47. The lowest BCUT2D eigenvalue weighted by atomic mass is 10.0. The minimum atomic E-state index is -4.81. The maximum absolute atomic E-state index is 12.5. The van der Waals surface area contributed by atoms with Crippen LogP contribution in [-0.4, -0.2) is 102 Å². The Morgan fingerprint density at radius 2 is 2.17 bits per heavy atom. The topological polar surface area (TPSA) is 141 Å². The zero-order valence-electron chi connectivity index (χ0n) is 15.7. The Labute approximate surface area is 173 Å². The quantitative estimate of drug-likeness (QED) is 0.318. The molecule has 0 aromatic carbocycles. The Morgan fingerprint density at radius 1 is 1.34 bits per heavy atom. The minimum Gasteiger partial charge on any atom is -0.310 e. The average Bonchev–Trinajstić information content (AvgIpc) is 3.39. The zero-order valence-corrected chi connectivity index (χ0v) is 17.4. The monoisotopic (exact) mass is 451 g/mol. The van der Waals surface area contributed by atoms with Crippen molar-refractivity contribution in [1.29, 1.82) is 0 Å². The lowest BCUT2D eigenvalue weighted by Crippen LogP contribution is -2.50. The Hall–Kier alpha value is -1.16. The number of hydroxylamine groups is 3. The molecule has 0 aromatic heterocycles.